The van der Waals surface area contributed by atoms with Crippen molar-refractivity contribution in [3.05, 3.63) is 64.9 Å². The van der Waals surface area contributed by atoms with Crippen molar-refractivity contribution in [2.75, 3.05) is 19.5 Å². The van der Waals surface area contributed by atoms with Crippen molar-refractivity contribution in [2.24, 2.45) is 0 Å². The molecule has 0 saturated heterocycles. The smallest absolute Gasteiger partial charge is 0.416 e. The van der Waals surface area contributed by atoms with Gasteiger partial charge in [-0.15, -0.1) is 0 Å². The van der Waals surface area contributed by atoms with Crippen LogP contribution < -0.4 is 14.8 Å². The first-order valence-corrected chi connectivity index (χ1v) is 8.56. The highest BCUT2D eigenvalue weighted by molar-refractivity contribution is 6.32. The lowest BCUT2D eigenvalue weighted by Gasteiger charge is -2.16. The number of halogens is 4. The fraction of sp³-hybridized carbons (Fsp3) is 0.158. The van der Waals surface area contributed by atoms with Crippen LogP contribution in [0.3, 0.4) is 0 Å². The normalized spacial score (nSPS) is 11.2. The summed E-state index contributed by atoms with van der Waals surface area (Å²) >= 11 is 6.11. The van der Waals surface area contributed by atoms with E-state index in [1.807, 2.05) is 0 Å². The quantitative estimate of drug-likeness (QED) is 0.637. The highest BCUT2D eigenvalue weighted by Gasteiger charge is 2.31. The third-order valence-corrected chi connectivity index (χ3v) is 4.30. The predicted molar refractivity (Wildman–Crippen MR) is 101 cm³/mol. The molecule has 1 heterocycles. The topological polar surface area (TPSA) is 65.4 Å². The number of carbonyl (C=O) groups excluding carboxylic acids is 1. The van der Waals surface area contributed by atoms with Crippen LogP contribution in [-0.4, -0.2) is 29.9 Å². The van der Waals surface area contributed by atoms with Gasteiger partial charge in [-0.2, -0.15) is 18.3 Å². The van der Waals surface area contributed by atoms with E-state index in [1.54, 1.807) is 12.3 Å². The van der Waals surface area contributed by atoms with E-state index in [0.29, 0.717) is 0 Å². The number of alkyl halides is 3. The molecule has 2 aromatic carbocycles. The van der Waals surface area contributed by atoms with Crippen molar-refractivity contribution >= 4 is 23.2 Å². The summed E-state index contributed by atoms with van der Waals surface area (Å²) in [7, 11) is 2.76. The van der Waals surface area contributed by atoms with Crippen LogP contribution in [0.5, 0.6) is 11.5 Å². The first-order valence-electron chi connectivity index (χ1n) is 8.18. The second kappa shape index (κ2) is 8.04. The van der Waals surface area contributed by atoms with E-state index in [1.165, 1.54) is 43.3 Å². The SMILES string of the molecule is COc1cc(C(=O)Nc2cc(C(F)(F)F)ccc2-n2cccn2)cc(Cl)c1OC. The minimum absolute atomic E-state index is 0.0700. The van der Waals surface area contributed by atoms with E-state index in [4.69, 9.17) is 21.1 Å². The van der Waals surface area contributed by atoms with Crippen molar-refractivity contribution in [1.82, 2.24) is 9.78 Å². The molecule has 0 fully saturated rings. The van der Waals surface area contributed by atoms with Gasteiger partial charge >= 0.3 is 6.18 Å². The van der Waals surface area contributed by atoms with Crippen molar-refractivity contribution in [2.45, 2.75) is 6.18 Å². The Labute approximate surface area is 168 Å². The van der Waals surface area contributed by atoms with Crippen LogP contribution in [0.2, 0.25) is 5.02 Å². The highest BCUT2D eigenvalue weighted by Crippen LogP contribution is 2.37. The fourth-order valence-corrected chi connectivity index (χ4v) is 2.95. The van der Waals surface area contributed by atoms with Gasteiger partial charge in [0, 0.05) is 18.0 Å². The summed E-state index contributed by atoms with van der Waals surface area (Å²) in [4.78, 5) is 12.7. The van der Waals surface area contributed by atoms with Gasteiger partial charge in [-0.25, -0.2) is 4.68 Å². The Morgan fingerprint density at radius 2 is 1.93 bits per heavy atom. The van der Waals surface area contributed by atoms with E-state index in [0.717, 1.165) is 12.1 Å². The molecular formula is C19H15ClF3N3O3. The maximum atomic E-state index is 13.2. The minimum atomic E-state index is -4.57. The summed E-state index contributed by atoms with van der Waals surface area (Å²) < 4.78 is 51.1. The minimum Gasteiger partial charge on any atom is -0.493 e. The average molecular weight is 426 g/mol. The number of hydrogen-bond donors (Lipinski definition) is 1. The molecule has 0 bridgehead atoms. The molecule has 1 aromatic heterocycles. The van der Waals surface area contributed by atoms with Crippen LogP contribution in [0.4, 0.5) is 18.9 Å². The maximum absolute atomic E-state index is 13.2. The number of hydrogen-bond acceptors (Lipinski definition) is 4. The van der Waals surface area contributed by atoms with E-state index in [-0.39, 0.29) is 33.5 Å². The van der Waals surface area contributed by atoms with Crippen molar-refractivity contribution in [3.63, 3.8) is 0 Å². The van der Waals surface area contributed by atoms with Crippen LogP contribution in [0.15, 0.2) is 48.8 Å². The van der Waals surface area contributed by atoms with Gasteiger partial charge in [-0.05, 0) is 36.4 Å². The molecule has 0 spiro atoms. The Morgan fingerprint density at radius 3 is 2.52 bits per heavy atom. The number of rotatable bonds is 5. The van der Waals surface area contributed by atoms with Crippen LogP contribution in [0.1, 0.15) is 15.9 Å². The zero-order valence-electron chi connectivity index (χ0n) is 15.2. The van der Waals surface area contributed by atoms with Crippen LogP contribution in [0.25, 0.3) is 5.69 Å². The summed E-state index contributed by atoms with van der Waals surface area (Å²) in [5.41, 5.74) is -0.632. The molecule has 3 rings (SSSR count). The Hall–Kier alpha value is -3.20. The molecule has 0 aliphatic heterocycles. The van der Waals surface area contributed by atoms with Gasteiger partial charge in [0.25, 0.3) is 5.91 Å². The van der Waals surface area contributed by atoms with Gasteiger partial charge in [-0.3, -0.25) is 4.79 Å². The van der Waals surface area contributed by atoms with Gasteiger partial charge < -0.3 is 14.8 Å². The molecule has 3 aromatic rings. The Kier molecular flexibility index (Phi) is 5.69. The lowest BCUT2D eigenvalue weighted by atomic mass is 10.1. The summed E-state index contributed by atoms with van der Waals surface area (Å²) in [6.07, 6.45) is -1.56. The number of ether oxygens (including phenoxy) is 2. The molecule has 0 radical (unpaired) electrons. The van der Waals surface area contributed by atoms with Crippen LogP contribution >= 0.6 is 11.6 Å². The van der Waals surface area contributed by atoms with Crippen molar-refractivity contribution in [1.29, 1.82) is 0 Å². The van der Waals surface area contributed by atoms with E-state index >= 15 is 0 Å². The molecular weight excluding hydrogens is 411 g/mol. The number of nitrogens with zero attached hydrogens (tertiary/aromatic N) is 2. The summed E-state index contributed by atoms with van der Waals surface area (Å²) in [5.74, 6) is -0.232. The zero-order valence-corrected chi connectivity index (χ0v) is 16.0. The van der Waals surface area contributed by atoms with Gasteiger partial charge in [0.2, 0.25) is 0 Å². The number of anilines is 1. The molecule has 0 aliphatic rings. The van der Waals surface area contributed by atoms with Gasteiger partial charge in [0.15, 0.2) is 11.5 Å². The first kappa shape index (κ1) is 20.5. The van der Waals surface area contributed by atoms with E-state index in [9.17, 15) is 18.0 Å². The number of carbonyl (C=O) groups is 1. The maximum Gasteiger partial charge on any atom is 0.416 e. The molecule has 1 amide bonds. The molecule has 6 nitrogen and oxygen atoms in total. The lowest BCUT2D eigenvalue weighted by molar-refractivity contribution is -0.137. The summed E-state index contributed by atoms with van der Waals surface area (Å²) in [6.45, 7) is 0. The molecule has 0 unspecified atom stereocenters. The number of benzene rings is 2. The third kappa shape index (κ3) is 4.29. The van der Waals surface area contributed by atoms with E-state index in [2.05, 4.69) is 10.4 Å². The molecule has 29 heavy (non-hydrogen) atoms. The number of amides is 1. The Morgan fingerprint density at radius 1 is 1.17 bits per heavy atom. The Balaban J connectivity index is 2.02. The van der Waals surface area contributed by atoms with Crippen molar-refractivity contribution < 1.29 is 27.4 Å². The predicted octanol–water partition coefficient (Wildman–Crippen LogP) is 4.81. The average Bonchev–Trinajstić information content (AvgIpc) is 3.21. The zero-order chi connectivity index (χ0) is 21.2. The number of nitrogens with one attached hydrogen (secondary N) is 1. The third-order valence-electron chi connectivity index (χ3n) is 4.02. The van der Waals surface area contributed by atoms with Crippen LogP contribution in [-0.2, 0) is 6.18 Å². The Bertz CT molecular complexity index is 1040. The van der Waals surface area contributed by atoms with Gasteiger partial charge in [0.1, 0.15) is 0 Å². The van der Waals surface area contributed by atoms with Gasteiger partial charge in [0.05, 0.1) is 36.2 Å². The molecule has 152 valence electrons. The number of aromatic nitrogens is 2. The summed E-state index contributed by atoms with van der Waals surface area (Å²) in [6, 6.07) is 7.31. The molecule has 0 aliphatic carbocycles. The second-order valence-corrected chi connectivity index (χ2v) is 6.24. The molecule has 1 N–H and O–H groups in total. The monoisotopic (exact) mass is 425 g/mol. The van der Waals surface area contributed by atoms with E-state index < -0.39 is 17.6 Å². The molecule has 10 heteroatoms. The van der Waals surface area contributed by atoms with Crippen LogP contribution in [0, 0.1) is 0 Å². The second-order valence-electron chi connectivity index (χ2n) is 5.83. The van der Waals surface area contributed by atoms with Gasteiger partial charge in [-0.1, -0.05) is 11.6 Å². The highest BCUT2D eigenvalue weighted by atomic mass is 35.5. The molecule has 0 atom stereocenters. The molecule has 0 saturated carbocycles. The van der Waals surface area contributed by atoms with Crippen molar-refractivity contribution in [3.8, 4) is 17.2 Å². The number of methoxy groups -OCH3 is 2. The fourth-order valence-electron chi connectivity index (χ4n) is 2.67. The standard InChI is InChI=1S/C19H15ClF3N3O3/c1-28-16-9-11(8-13(20)17(16)29-2)18(27)25-14-10-12(19(21,22)23)4-5-15(14)26-7-3-6-24-26/h3-10H,1-2H3,(H,25,27). The first-order chi connectivity index (χ1) is 13.7. The largest absolute Gasteiger partial charge is 0.493 e. The lowest BCUT2D eigenvalue weighted by Crippen LogP contribution is -2.16. The summed E-state index contributed by atoms with van der Waals surface area (Å²) in [5, 5.41) is 6.62.